The second kappa shape index (κ2) is 5.62. The van der Waals surface area contributed by atoms with Gasteiger partial charge in [-0.3, -0.25) is 4.79 Å². The van der Waals surface area contributed by atoms with Gasteiger partial charge < -0.3 is 5.32 Å². The standard InChI is InChI=1S/C8H9BrClNOS/c9-7-2-1-6(13-7)5-11-8(12)3-4-10/h1-2H,3-5H2,(H,11,12). The average Bonchev–Trinajstić information content (AvgIpc) is 2.49. The number of hydrogen-bond acceptors (Lipinski definition) is 2. The number of nitrogens with one attached hydrogen (secondary N) is 1. The Bertz CT molecular complexity index is 289. The summed E-state index contributed by atoms with van der Waals surface area (Å²) in [6.07, 6.45) is 0.383. The first-order valence-corrected chi connectivity index (χ1v) is 5.93. The van der Waals surface area contributed by atoms with Gasteiger partial charge in [0.2, 0.25) is 5.91 Å². The van der Waals surface area contributed by atoms with Gasteiger partial charge in [0.05, 0.1) is 10.3 Å². The van der Waals surface area contributed by atoms with Crippen LogP contribution in [-0.2, 0) is 11.3 Å². The Kier molecular flexibility index (Phi) is 4.77. The molecule has 0 saturated heterocycles. The molecule has 0 atom stereocenters. The van der Waals surface area contributed by atoms with Crippen molar-refractivity contribution in [3.63, 3.8) is 0 Å². The molecule has 0 radical (unpaired) electrons. The van der Waals surface area contributed by atoms with Crippen molar-refractivity contribution in [1.29, 1.82) is 0 Å². The third-order valence-electron chi connectivity index (χ3n) is 1.41. The zero-order chi connectivity index (χ0) is 9.68. The molecule has 2 nitrogen and oxygen atoms in total. The van der Waals surface area contributed by atoms with Crippen LogP contribution in [0, 0.1) is 0 Å². The van der Waals surface area contributed by atoms with Crippen LogP contribution in [0.15, 0.2) is 15.9 Å². The molecule has 1 N–H and O–H groups in total. The van der Waals surface area contributed by atoms with Gasteiger partial charge in [-0.05, 0) is 28.1 Å². The fourth-order valence-corrected chi connectivity index (χ4v) is 2.40. The second-order valence-corrected chi connectivity index (χ2v) is 5.35. The van der Waals surface area contributed by atoms with Gasteiger partial charge in [-0.15, -0.1) is 22.9 Å². The Morgan fingerprint density at radius 2 is 2.38 bits per heavy atom. The van der Waals surface area contributed by atoms with E-state index >= 15 is 0 Å². The van der Waals surface area contributed by atoms with Crippen LogP contribution in [0.25, 0.3) is 0 Å². The van der Waals surface area contributed by atoms with Crippen LogP contribution < -0.4 is 5.32 Å². The van der Waals surface area contributed by atoms with E-state index in [4.69, 9.17) is 11.6 Å². The van der Waals surface area contributed by atoms with Crippen molar-refractivity contribution in [1.82, 2.24) is 5.32 Å². The Hall–Kier alpha value is -0.0600. The van der Waals surface area contributed by atoms with Gasteiger partial charge in [0, 0.05) is 17.2 Å². The van der Waals surface area contributed by atoms with Crippen LogP contribution in [0.2, 0.25) is 0 Å². The fourth-order valence-electron chi connectivity index (χ4n) is 0.807. The largest absolute Gasteiger partial charge is 0.351 e. The van der Waals surface area contributed by atoms with E-state index in [1.807, 2.05) is 12.1 Å². The molecular formula is C8H9BrClNOS. The van der Waals surface area contributed by atoms with Gasteiger partial charge >= 0.3 is 0 Å². The summed E-state index contributed by atoms with van der Waals surface area (Å²) in [4.78, 5) is 12.2. The van der Waals surface area contributed by atoms with E-state index in [2.05, 4.69) is 21.2 Å². The first-order chi connectivity index (χ1) is 6.22. The summed E-state index contributed by atoms with van der Waals surface area (Å²) in [6, 6.07) is 3.95. The molecule has 0 aliphatic rings. The van der Waals surface area contributed by atoms with E-state index in [9.17, 15) is 4.79 Å². The number of amides is 1. The van der Waals surface area contributed by atoms with Gasteiger partial charge in [-0.1, -0.05) is 0 Å². The molecule has 1 rings (SSSR count). The van der Waals surface area contributed by atoms with Crippen molar-refractivity contribution < 1.29 is 4.79 Å². The highest BCUT2D eigenvalue weighted by Crippen LogP contribution is 2.21. The summed E-state index contributed by atoms with van der Waals surface area (Å²) in [5.74, 6) is 0.375. The number of halogens is 2. The number of alkyl halides is 1. The molecule has 0 fully saturated rings. The minimum Gasteiger partial charge on any atom is -0.351 e. The van der Waals surface area contributed by atoms with Crippen LogP contribution in [-0.4, -0.2) is 11.8 Å². The molecule has 0 unspecified atom stereocenters. The summed E-state index contributed by atoms with van der Waals surface area (Å²) < 4.78 is 1.08. The highest BCUT2D eigenvalue weighted by molar-refractivity contribution is 9.11. The van der Waals surface area contributed by atoms with Crippen LogP contribution in [0.4, 0.5) is 0 Å². The van der Waals surface area contributed by atoms with Gasteiger partial charge in [-0.2, -0.15) is 0 Å². The summed E-state index contributed by atoms with van der Waals surface area (Å²) in [6.45, 7) is 0.589. The lowest BCUT2D eigenvalue weighted by atomic mass is 10.4. The minimum atomic E-state index is -0.000442. The quantitative estimate of drug-likeness (QED) is 0.845. The van der Waals surface area contributed by atoms with E-state index in [0.29, 0.717) is 18.8 Å². The lowest BCUT2D eigenvalue weighted by Gasteiger charge is -2.00. The van der Waals surface area contributed by atoms with E-state index < -0.39 is 0 Å². The molecule has 0 bridgehead atoms. The maximum absolute atomic E-state index is 11.0. The lowest BCUT2D eigenvalue weighted by molar-refractivity contribution is -0.120. The number of thiophene rings is 1. The molecule has 1 heterocycles. The maximum atomic E-state index is 11.0. The summed E-state index contributed by atoms with van der Waals surface area (Å²) >= 11 is 10.4. The predicted molar refractivity (Wildman–Crippen MR) is 59.2 cm³/mol. The Labute approximate surface area is 94.4 Å². The molecule has 72 valence electrons. The molecule has 0 aliphatic carbocycles. The molecule has 1 amide bonds. The summed E-state index contributed by atoms with van der Waals surface area (Å²) in [7, 11) is 0. The SMILES string of the molecule is O=C(CCCl)NCc1ccc(Br)s1. The van der Waals surface area contributed by atoms with Crippen molar-refractivity contribution in [2.24, 2.45) is 0 Å². The van der Waals surface area contributed by atoms with Crippen molar-refractivity contribution in [2.75, 3.05) is 5.88 Å². The topological polar surface area (TPSA) is 29.1 Å². The highest BCUT2D eigenvalue weighted by atomic mass is 79.9. The molecule has 0 aromatic carbocycles. The molecule has 13 heavy (non-hydrogen) atoms. The average molecular weight is 283 g/mol. The molecule has 0 saturated carbocycles. The first kappa shape index (κ1) is 11.0. The maximum Gasteiger partial charge on any atom is 0.221 e. The van der Waals surface area contributed by atoms with Crippen molar-refractivity contribution in [3.8, 4) is 0 Å². The van der Waals surface area contributed by atoms with Gasteiger partial charge in [0.1, 0.15) is 0 Å². The first-order valence-electron chi connectivity index (χ1n) is 3.79. The Morgan fingerprint density at radius 1 is 1.62 bits per heavy atom. The van der Waals surface area contributed by atoms with Crippen LogP contribution in [0.3, 0.4) is 0 Å². The van der Waals surface area contributed by atoms with Crippen LogP contribution >= 0.6 is 38.9 Å². The Balaban J connectivity index is 2.30. The van der Waals surface area contributed by atoms with E-state index in [-0.39, 0.29) is 5.91 Å². The molecular weight excluding hydrogens is 274 g/mol. The number of carbonyl (C=O) groups excluding carboxylic acids is 1. The smallest absolute Gasteiger partial charge is 0.221 e. The third kappa shape index (κ3) is 4.11. The third-order valence-corrected chi connectivity index (χ3v) is 3.22. The second-order valence-electron chi connectivity index (χ2n) is 2.42. The van der Waals surface area contributed by atoms with Crippen molar-refractivity contribution in [2.45, 2.75) is 13.0 Å². The lowest BCUT2D eigenvalue weighted by Crippen LogP contribution is -2.22. The molecule has 1 aromatic heterocycles. The molecule has 1 aromatic rings. The van der Waals surface area contributed by atoms with Gasteiger partial charge in [0.15, 0.2) is 0 Å². The monoisotopic (exact) mass is 281 g/mol. The van der Waals surface area contributed by atoms with Gasteiger partial charge in [-0.25, -0.2) is 0 Å². The predicted octanol–water partition coefficient (Wildman–Crippen LogP) is 2.76. The van der Waals surface area contributed by atoms with Gasteiger partial charge in [0.25, 0.3) is 0 Å². The fraction of sp³-hybridized carbons (Fsp3) is 0.375. The van der Waals surface area contributed by atoms with Crippen LogP contribution in [0.5, 0.6) is 0 Å². The van der Waals surface area contributed by atoms with Crippen molar-refractivity contribution in [3.05, 3.63) is 20.8 Å². The number of carbonyl (C=O) groups is 1. The Morgan fingerprint density at radius 3 is 2.92 bits per heavy atom. The summed E-state index contributed by atoms with van der Waals surface area (Å²) in [5, 5.41) is 2.78. The summed E-state index contributed by atoms with van der Waals surface area (Å²) in [5.41, 5.74) is 0. The van der Waals surface area contributed by atoms with E-state index in [1.165, 1.54) is 0 Å². The van der Waals surface area contributed by atoms with E-state index in [0.717, 1.165) is 8.66 Å². The molecule has 5 heteroatoms. The van der Waals surface area contributed by atoms with E-state index in [1.54, 1.807) is 11.3 Å². The number of hydrogen-bond donors (Lipinski definition) is 1. The zero-order valence-corrected chi connectivity index (χ0v) is 10.0. The normalized spacial score (nSPS) is 10.0. The number of rotatable bonds is 4. The van der Waals surface area contributed by atoms with Crippen LogP contribution in [0.1, 0.15) is 11.3 Å². The highest BCUT2D eigenvalue weighted by Gasteiger charge is 2.01. The minimum absolute atomic E-state index is 0.000442. The molecule has 0 spiro atoms. The molecule has 0 aliphatic heterocycles. The van der Waals surface area contributed by atoms with Crippen molar-refractivity contribution >= 4 is 44.8 Å². The zero-order valence-electron chi connectivity index (χ0n) is 6.85.